The molecule has 0 saturated carbocycles. The maximum absolute atomic E-state index is 11.6. The zero-order chi connectivity index (χ0) is 14.5. The summed E-state index contributed by atoms with van der Waals surface area (Å²) >= 11 is 11.3. The quantitative estimate of drug-likeness (QED) is 0.595. The number of halogens is 2. The Hall–Kier alpha value is -0.780. The molecule has 0 heterocycles. The monoisotopic (exact) mass is 324 g/mol. The van der Waals surface area contributed by atoms with Crippen LogP contribution in [-0.4, -0.2) is 38.5 Å². The summed E-state index contributed by atoms with van der Waals surface area (Å²) in [5, 5.41) is -0.234. The minimum absolute atomic E-state index is 0.159. The zero-order valence-electron chi connectivity index (χ0n) is 10.3. The van der Waals surface area contributed by atoms with Crippen molar-refractivity contribution in [1.29, 1.82) is 0 Å². The lowest BCUT2D eigenvalue weighted by molar-refractivity contribution is 0.0501. The van der Waals surface area contributed by atoms with Gasteiger partial charge < -0.3 is 4.74 Å². The predicted molar refractivity (Wildman–Crippen MR) is 74.8 cm³/mol. The Bertz CT molecular complexity index is 525. The Kier molecular flexibility index (Phi) is 6.10. The number of sulfone groups is 1. The number of ether oxygens (including phenoxy) is 1. The first-order chi connectivity index (χ1) is 8.84. The van der Waals surface area contributed by atoms with E-state index in [0.29, 0.717) is 17.9 Å². The highest BCUT2D eigenvalue weighted by atomic mass is 35.5. The topological polar surface area (TPSA) is 60.4 Å². The van der Waals surface area contributed by atoms with Crippen LogP contribution in [-0.2, 0) is 14.6 Å². The summed E-state index contributed by atoms with van der Waals surface area (Å²) < 4.78 is 27.5. The summed E-state index contributed by atoms with van der Waals surface area (Å²) in [4.78, 5) is 11.8. The van der Waals surface area contributed by atoms with E-state index in [0.717, 1.165) is 6.26 Å². The van der Waals surface area contributed by atoms with Crippen molar-refractivity contribution >= 4 is 39.0 Å². The van der Waals surface area contributed by atoms with E-state index in [1.165, 1.54) is 24.3 Å². The van der Waals surface area contributed by atoms with Crippen LogP contribution < -0.4 is 0 Å². The SMILES string of the molecule is CS(=O)(=O)c1ccc(C(=O)OCCC(Cl)CCl)cc1. The van der Waals surface area contributed by atoms with Crippen LogP contribution in [0.1, 0.15) is 16.8 Å². The first-order valence-corrected chi connectivity index (χ1v) is 8.38. The number of carbonyl (C=O) groups excluding carboxylic acids is 1. The van der Waals surface area contributed by atoms with E-state index in [4.69, 9.17) is 27.9 Å². The molecule has 1 aromatic rings. The Morgan fingerprint density at radius 3 is 2.37 bits per heavy atom. The van der Waals surface area contributed by atoms with Crippen LogP contribution in [0.15, 0.2) is 29.2 Å². The first kappa shape index (κ1) is 16.3. The summed E-state index contributed by atoms with van der Waals surface area (Å²) in [5.41, 5.74) is 0.296. The average Bonchev–Trinajstić information content (AvgIpc) is 2.37. The third-order valence-electron chi connectivity index (χ3n) is 2.35. The Morgan fingerprint density at radius 1 is 1.32 bits per heavy atom. The van der Waals surface area contributed by atoms with E-state index in [2.05, 4.69) is 0 Å². The van der Waals surface area contributed by atoms with Gasteiger partial charge in [-0.15, -0.1) is 23.2 Å². The minimum Gasteiger partial charge on any atom is -0.462 e. The molecule has 0 fully saturated rings. The lowest BCUT2D eigenvalue weighted by Gasteiger charge is -2.07. The van der Waals surface area contributed by atoms with Gasteiger partial charge in [0.1, 0.15) is 0 Å². The van der Waals surface area contributed by atoms with Crippen LogP contribution in [0.4, 0.5) is 0 Å². The smallest absolute Gasteiger partial charge is 0.338 e. The Labute approximate surface area is 122 Å². The summed E-state index contributed by atoms with van der Waals surface area (Å²) in [7, 11) is -3.26. The molecule has 0 saturated heterocycles. The van der Waals surface area contributed by atoms with Crippen LogP contribution in [0.5, 0.6) is 0 Å². The van der Waals surface area contributed by atoms with E-state index >= 15 is 0 Å². The van der Waals surface area contributed by atoms with Crippen molar-refractivity contribution in [3.05, 3.63) is 29.8 Å². The van der Waals surface area contributed by atoms with E-state index in [1.54, 1.807) is 0 Å². The number of hydrogen-bond donors (Lipinski definition) is 0. The molecule has 1 rings (SSSR count). The van der Waals surface area contributed by atoms with Crippen molar-refractivity contribution in [2.24, 2.45) is 0 Å². The molecule has 0 aliphatic carbocycles. The standard InChI is InChI=1S/C12H14Cl2O4S/c1-19(16,17)11-4-2-9(3-5-11)12(15)18-7-6-10(14)8-13/h2-5,10H,6-8H2,1H3. The van der Waals surface area contributed by atoms with E-state index < -0.39 is 15.8 Å². The fourth-order valence-corrected chi connectivity index (χ4v) is 2.15. The lowest BCUT2D eigenvalue weighted by atomic mass is 10.2. The molecule has 1 atom stereocenters. The molecule has 7 heteroatoms. The highest BCUT2D eigenvalue weighted by Gasteiger charge is 2.11. The predicted octanol–water partition coefficient (Wildman–Crippen LogP) is 2.48. The molecule has 1 unspecified atom stereocenters. The Morgan fingerprint density at radius 2 is 1.89 bits per heavy atom. The third kappa shape index (κ3) is 5.38. The molecule has 106 valence electrons. The van der Waals surface area contributed by atoms with E-state index in [1.807, 2.05) is 0 Å². The molecule has 1 aromatic carbocycles. The molecular weight excluding hydrogens is 311 g/mol. The largest absolute Gasteiger partial charge is 0.462 e. The zero-order valence-corrected chi connectivity index (χ0v) is 12.6. The number of alkyl halides is 2. The van der Waals surface area contributed by atoms with Crippen LogP contribution in [0.3, 0.4) is 0 Å². The highest BCUT2D eigenvalue weighted by Crippen LogP contribution is 2.12. The van der Waals surface area contributed by atoms with Gasteiger partial charge in [0.15, 0.2) is 9.84 Å². The van der Waals surface area contributed by atoms with Crippen molar-refractivity contribution in [2.75, 3.05) is 18.7 Å². The van der Waals surface area contributed by atoms with Gasteiger partial charge in [-0.3, -0.25) is 0 Å². The third-order valence-corrected chi connectivity index (χ3v) is 4.38. The normalized spacial score (nSPS) is 13.0. The molecule has 0 spiro atoms. The second-order valence-corrected chi connectivity index (χ2v) is 6.91. The maximum Gasteiger partial charge on any atom is 0.338 e. The number of esters is 1. The van der Waals surface area contributed by atoms with Gasteiger partial charge in [-0.1, -0.05) is 0 Å². The first-order valence-electron chi connectivity index (χ1n) is 5.52. The molecule has 4 nitrogen and oxygen atoms in total. The minimum atomic E-state index is -3.26. The summed E-state index contributed by atoms with van der Waals surface area (Å²) in [5.74, 6) is -0.221. The fourth-order valence-electron chi connectivity index (χ4n) is 1.28. The maximum atomic E-state index is 11.6. The van der Waals surface area contributed by atoms with Crippen molar-refractivity contribution in [2.45, 2.75) is 16.7 Å². The number of carbonyl (C=O) groups is 1. The molecule has 0 aliphatic heterocycles. The molecule has 0 amide bonds. The van der Waals surface area contributed by atoms with Gasteiger partial charge in [-0.2, -0.15) is 0 Å². The molecular formula is C12H14Cl2O4S. The van der Waals surface area contributed by atoms with E-state index in [-0.39, 0.29) is 16.9 Å². The molecule has 0 aliphatic rings. The Balaban J connectivity index is 2.59. The van der Waals surface area contributed by atoms with Gasteiger partial charge in [-0.25, -0.2) is 13.2 Å². The fraction of sp³-hybridized carbons (Fsp3) is 0.417. The lowest BCUT2D eigenvalue weighted by Crippen LogP contribution is -2.11. The van der Waals surface area contributed by atoms with Gasteiger partial charge in [-0.05, 0) is 30.7 Å². The molecule has 0 aromatic heterocycles. The summed E-state index contributed by atoms with van der Waals surface area (Å²) in [6.07, 6.45) is 1.57. The second-order valence-electron chi connectivity index (χ2n) is 3.97. The molecule has 0 bridgehead atoms. The number of rotatable bonds is 6. The van der Waals surface area contributed by atoms with Crippen molar-refractivity contribution < 1.29 is 17.9 Å². The van der Waals surface area contributed by atoms with Gasteiger partial charge in [0.25, 0.3) is 0 Å². The van der Waals surface area contributed by atoms with Gasteiger partial charge in [0, 0.05) is 12.1 Å². The summed E-state index contributed by atoms with van der Waals surface area (Å²) in [6, 6.07) is 5.57. The van der Waals surface area contributed by atoms with Gasteiger partial charge >= 0.3 is 5.97 Å². The molecule has 19 heavy (non-hydrogen) atoms. The second kappa shape index (κ2) is 7.12. The van der Waals surface area contributed by atoms with Crippen LogP contribution >= 0.6 is 23.2 Å². The van der Waals surface area contributed by atoms with Crippen molar-refractivity contribution in [3.63, 3.8) is 0 Å². The average molecular weight is 325 g/mol. The van der Waals surface area contributed by atoms with Crippen LogP contribution in [0.2, 0.25) is 0 Å². The van der Waals surface area contributed by atoms with Crippen molar-refractivity contribution in [1.82, 2.24) is 0 Å². The molecule has 0 radical (unpaired) electrons. The van der Waals surface area contributed by atoms with Crippen LogP contribution in [0, 0.1) is 0 Å². The highest BCUT2D eigenvalue weighted by molar-refractivity contribution is 7.90. The molecule has 0 N–H and O–H groups in total. The van der Waals surface area contributed by atoms with E-state index in [9.17, 15) is 13.2 Å². The van der Waals surface area contributed by atoms with Gasteiger partial charge in [0.2, 0.25) is 0 Å². The number of hydrogen-bond acceptors (Lipinski definition) is 4. The van der Waals surface area contributed by atoms with Gasteiger partial charge in [0.05, 0.1) is 22.4 Å². The van der Waals surface area contributed by atoms with Crippen molar-refractivity contribution in [3.8, 4) is 0 Å². The number of benzene rings is 1. The summed E-state index contributed by atoms with van der Waals surface area (Å²) in [6.45, 7) is 0.174. The van der Waals surface area contributed by atoms with Crippen LogP contribution in [0.25, 0.3) is 0 Å².